The number of nitrogens with zero attached hydrogens (tertiary/aromatic N) is 5. The van der Waals surface area contributed by atoms with E-state index in [2.05, 4.69) is 26.1 Å². The number of aliphatic hydroxyl groups excluding tert-OH is 1. The highest BCUT2D eigenvalue weighted by molar-refractivity contribution is 5.92. The van der Waals surface area contributed by atoms with E-state index in [1.807, 2.05) is 18.5 Å². The lowest BCUT2D eigenvalue weighted by Gasteiger charge is -2.21. The van der Waals surface area contributed by atoms with Crippen molar-refractivity contribution < 1.29 is 5.11 Å². The number of anilines is 1. The Bertz CT molecular complexity index is 938. The predicted octanol–water partition coefficient (Wildman–Crippen LogP) is 2.02. The molecule has 8 heteroatoms. The first-order chi connectivity index (χ1) is 12.2. The summed E-state index contributed by atoms with van der Waals surface area (Å²) in [6.07, 6.45) is 7.55. The van der Waals surface area contributed by atoms with E-state index in [0.717, 1.165) is 35.1 Å². The fraction of sp³-hybridized carbons (Fsp3) is 0.412. The van der Waals surface area contributed by atoms with Crippen LogP contribution in [-0.2, 0) is 0 Å². The van der Waals surface area contributed by atoms with Gasteiger partial charge in [-0.3, -0.25) is 4.68 Å². The van der Waals surface area contributed by atoms with Crippen LogP contribution in [0.2, 0.25) is 0 Å². The van der Waals surface area contributed by atoms with Crippen molar-refractivity contribution in [1.82, 2.24) is 24.7 Å². The van der Waals surface area contributed by atoms with E-state index in [1.165, 1.54) is 6.33 Å². The minimum atomic E-state index is -0.292. The third-order valence-corrected chi connectivity index (χ3v) is 5.00. The summed E-state index contributed by atoms with van der Waals surface area (Å²) in [5, 5.41) is 24.4. The van der Waals surface area contributed by atoms with E-state index in [1.54, 1.807) is 4.68 Å². The van der Waals surface area contributed by atoms with Gasteiger partial charge in [-0.1, -0.05) is 0 Å². The van der Waals surface area contributed by atoms with Gasteiger partial charge < -0.3 is 15.8 Å². The molecular weight excluding hydrogens is 318 g/mol. The van der Waals surface area contributed by atoms with Crippen molar-refractivity contribution in [1.29, 1.82) is 5.26 Å². The van der Waals surface area contributed by atoms with Crippen LogP contribution >= 0.6 is 0 Å². The second kappa shape index (κ2) is 6.18. The molecule has 0 spiro atoms. The van der Waals surface area contributed by atoms with E-state index in [4.69, 9.17) is 5.73 Å². The first-order valence-corrected chi connectivity index (χ1v) is 8.35. The highest BCUT2D eigenvalue weighted by Gasteiger charge is 2.32. The van der Waals surface area contributed by atoms with E-state index >= 15 is 0 Å². The molecule has 128 valence electrons. The molecule has 1 saturated carbocycles. The molecule has 3 heterocycles. The van der Waals surface area contributed by atoms with Crippen LogP contribution < -0.4 is 5.73 Å². The van der Waals surface area contributed by atoms with Crippen LogP contribution in [0.15, 0.2) is 24.8 Å². The highest BCUT2D eigenvalue weighted by atomic mass is 16.3. The number of hydrogen-bond donors (Lipinski definition) is 3. The minimum Gasteiger partial charge on any atom is -0.393 e. The van der Waals surface area contributed by atoms with E-state index in [0.29, 0.717) is 18.7 Å². The number of nitrogens with two attached hydrogens (primary N) is 1. The number of nitrogens with one attached hydrogen (secondary N) is 1. The lowest BCUT2D eigenvalue weighted by atomic mass is 9.96. The van der Waals surface area contributed by atoms with Crippen LogP contribution in [-0.4, -0.2) is 35.9 Å². The molecule has 0 radical (unpaired) electrons. The van der Waals surface area contributed by atoms with Gasteiger partial charge in [0.1, 0.15) is 12.0 Å². The number of fused-ring (bicyclic) bond motifs is 1. The van der Waals surface area contributed by atoms with Crippen molar-refractivity contribution in [2.24, 2.45) is 5.92 Å². The van der Waals surface area contributed by atoms with E-state index < -0.39 is 0 Å². The predicted molar refractivity (Wildman–Crippen MR) is 92.1 cm³/mol. The number of rotatable bonds is 4. The van der Waals surface area contributed by atoms with Gasteiger partial charge in [-0.15, -0.1) is 0 Å². The molecule has 0 amide bonds. The van der Waals surface area contributed by atoms with E-state index in [9.17, 15) is 10.4 Å². The molecule has 8 nitrogen and oxygen atoms in total. The second-order valence-electron chi connectivity index (χ2n) is 6.53. The molecule has 4 N–H and O–H groups in total. The number of aromatic nitrogens is 5. The Morgan fingerprint density at radius 3 is 3.08 bits per heavy atom. The third kappa shape index (κ3) is 2.72. The topological polar surface area (TPSA) is 129 Å². The minimum absolute atomic E-state index is 0.0956. The summed E-state index contributed by atoms with van der Waals surface area (Å²) in [7, 11) is 0. The van der Waals surface area contributed by atoms with Crippen molar-refractivity contribution >= 4 is 16.9 Å². The molecule has 1 fully saturated rings. The Hall–Kier alpha value is -2.92. The average molecular weight is 337 g/mol. The molecule has 0 saturated heterocycles. The van der Waals surface area contributed by atoms with Crippen LogP contribution in [0.5, 0.6) is 0 Å². The van der Waals surface area contributed by atoms with Gasteiger partial charge in [-0.25, -0.2) is 9.97 Å². The van der Waals surface area contributed by atoms with Crippen LogP contribution in [0.25, 0.3) is 22.3 Å². The summed E-state index contributed by atoms with van der Waals surface area (Å²) in [6.45, 7) is 0. The van der Waals surface area contributed by atoms with Gasteiger partial charge >= 0.3 is 0 Å². The molecule has 3 atom stereocenters. The first-order valence-electron chi connectivity index (χ1n) is 8.35. The fourth-order valence-corrected chi connectivity index (χ4v) is 3.76. The molecule has 0 aromatic carbocycles. The van der Waals surface area contributed by atoms with Gasteiger partial charge in [0.2, 0.25) is 0 Å². The molecule has 1 aliphatic rings. The Morgan fingerprint density at radius 1 is 1.44 bits per heavy atom. The summed E-state index contributed by atoms with van der Waals surface area (Å²) < 4.78 is 1.77. The average Bonchev–Trinajstić information content (AvgIpc) is 3.32. The number of H-pyrrole nitrogens is 1. The Kier molecular flexibility index (Phi) is 3.86. The number of hydrogen-bond acceptors (Lipinski definition) is 6. The molecule has 3 aromatic rings. The Labute approximate surface area is 144 Å². The van der Waals surface area contributed by atoms with Gasteiger partial charge in [0.05, 0.1) is 35.9 Å². The van der Waals surface area contributed by atoms with Gasteiger partial charge in [0, 0.05) is 17.8 Å². The molecule has 4 rings (SSSR count). The molecule has 25 heavy (non-hydrogen) atoms. The number of nitriles is 1. The van der Waals surface area contributed by atoms with Crippen molar-refractivity contribution in [3.8, 4) is 17.3 Å². The van der Waals surface area contributed by atoms with Crippen molar-refractivity contribution in [2.75, 3.05) is 5.73 Å². The molecular formula is C17H19N7O. The summed E-state index contributed by atoms with van der Waals surface area (Å²) in [5.41, 5.74) is 8.35. The highest BCUT2D eigenvalue weighted by Crippen LogP contribution is 2.38. The number of nitrogen functional groups attached to an aromatic ring is 1. The van der Waals surface area contributed by atoms with Crippen molar-refractivity contribution in [2.45, 2.75) is 37.8 Å². The molecule has 0 aliphatic heterocycles. The summed E-state index contributed by atoms with van der Waals surface area (Å²) in [5.74, 6) is 0.599. The Morgan fingerprint density at radius 2 is 2.32 bits per heavy atom. The standard InChI is InChI=1S/C17H19N7O/c18-5-3-14(10-1-2-11(25)7-10)24-8-13(16(19)23-24)15-12-4-6-20-17(12)22-9-21-15/h4,6,8-11,14,25H,1-3,7H2,(H2,19,23)(H,20,21,22)/t10?,11?,14-/m1/s1. The summed E-state index contributed by atoms with van der Waals surface area (Å²) >= 11 is 0. The summed E-state index contributed by atoms with van der Waals surface area (Å²) in [4.78, 5) is 11.6. The molecule has 0 bridgehead atoms. The molecule has 2 unspecified atom stereocenters. The lowest BCUT2D eigenvalue weighted by Crippen LogP contribution is -2.18. The lowest BCUT2D eigenvalue weighted by molar-refractivity contribution is 0.170. The SMILES string of the molecule is N#CC[C@H](C1CCC(O)C1)n1cc(-c2ncnc3[nH]ccc23)c(N)n1. The normalized spacial score (nSPS) is 21.4. The zero-order valence-corrected chi connectivity index (χ0v) is 13.6. The first kappa shape index (κ1) is 15.6. The maximum Gasteiger partial charge on any atom is 0.154 e. The molecule has 3 aromatic heterocycles. The van der Waals surface area contributed by atoms with Crippen LogP contribution in [0.1, 0.15) is 31.7 Å². The smallest absolute Gasteiger partial charge is 0.154 e. The van der Waals surface area contributed by atoms with Gasteiger partial charge in [-0.05, 0) is 31.2 Å². The van der Waals surface area contributed by atoms with Crippen molar-refractivity contribution in [3.05, 3.63) is 24.8 Å². The van der Waals surface area contributed by atoms with E-state index in [-0.39, 0.29) is 18.1 Å². The largest absolute Gasteiger partial charge is 0.393 e. The monoisotopic (exact) mass is 337 g/mol. The maximum atomic E-state index is 9.84. The second-order valence-corrected chi connectivity index (χ2v) is 6.53. The molecule has 1 aliphatic carbocycles. The van der Waals surface area contributed by atoms with Crippen LogP contribution in [0.4, 0.5) is 5.82 Å². The van der Waals surface area contributed by atoms with Crippen LogP contribution in [0, 0.1) is 17.2 Å². The fourth-order valence-electron chi connectivity index (χ4n) is 3.76. The Balaban J connectivity index is 1.74. The zero-order valence-electron chi connectivity index (χ0n) is 13.6. The van der Waals surface area contributed by atoms with Gasteiger partial charge in [0.15, 0.2) is 5.82 Å². The van der Waals surface area contributed by atoms with Crippen molar-refractivity contribution in [3.63, 3.8) is 0 Å². The summed E-state index contributed by atoms with van der Waals surface area (Å²) in [6, 6.07) is 4.05. The third-order valence-electron chi connectivity index (χ3n) is 5.00. The number of aromatic amines is 1. The van der Waals surface area contributed by atoms with Gasteiger partial charge in [-0.2, -0.15) is 10.4 Å². The van der Waals surface area contributed by atoms with Crippen LogP contribution in [0.3, 0.4) is 0 Å². The quantitative estimate of drug-likeness (QED) is 0.668. The maximum absolute atomic E-state index is 9.84. The zero-order chi connectivity index (χ0) is 17.4. The number of aliphatic hydroxyl groups is 1. The van der Waals surface area contributed by atoms with Gasteiger partial charge in [0.25, 0.3) is 0 Å².